The maximum atomic E-state index is 11.5. The van der Waals surface area contributed by atoms with Crippen LogP contribution >= 0.6 is 0 Å². The molecule has 1 atom stereocenters. The van der Waals surface area contributed by atoms with Gasteiger partial charge in [-0.05, 0) is 44.2 Å². The molecule has 1 aromatic heterocycles. The van der Waals surface area contributed by atoms with Crippen LogP contribution in [0, 0.1) is 0 Å². The summed E-state index contributed by atoms with van der Waals surface area (Å²) in [6.45, 7) is 5.69. The number of aliphatic hydroxyl groups excluding tert-OH is 1. The number of ketones is 1. The van der Waals surface area contributed by atoms with Gasteiger partial charge in [0.25, 0.3) is 0 Å². The van der Waals surface area contributed by atoms with E-state index in [2.05, 4.69) is 4.90 Å². The van der Waals surface area contributed by atoms with Crippen molar-refractivity contribution in [2.45, 2.75) is 33.0 Å². The van der Waals surface area contributed by atoms with E-state index in [1.165, 1.54) is 6.92 Å². The number of Topliss-reactive ketones (excluding diaryl/α,β-unsaturated/α-hetero) is 1. The summed E-state index contributed by atoms with van der Waals surface area (Å²) in [5.41, 5.74) is 1.62. The van der Waals surface area contributed by atoms with Crippen LogP contribution in [0.25, 0.3) is 0 Å². The first-order valence-electron chi connectivity index (χ1n) is 10.4. The lowest BCUT2D eigenvalue weighted by atomic mass is 10.1. The number of carbonyl (C=O) groups is 1. The van der Waals surface area contributed by atoms with Crippen molar-refractivity contribution in [3.63, 3.8) is 0 Å². The molecule has 6 heteroatoms. The number of aliphatic hydroxyl groups is 1. The van der Waals surface area contributed by atoms with E-state index in [-0.39, 0.29) is 12.4 Å². The van der Waals surface area contributed by atoms with Gasteiger partial charge in [-0.25, -0.2) is 0 Å². The minimum Gasteiger partial charge on any atom is -0.494 e. The normalized spacial score (nSPS) is 12.0. The molecule has 1 N–H and O–H groups in total. The molecule has 1 unspecified atom stereocenters. The summed E-state index contributed by atoms with van der Waals surface area (Å²) in [5, 5.41) is 10.6. The highest BCUT2D eigenvalue weighted by molar-refractivity contribution is 5.94. The lowest BCUT2D eigenvalue weighted by Crippen LogP contribution is -2.35. The number of benzene rings is 2. The van der Waals surface area contributed by atoms with Gasteiger partial charge in [0.15, 0.2) is 5.78 Å². The number of para-hydroxylation sites is 1. The van der Waals surface area contributed by atoms with Crippen LogP contribution in [0.4, 0.5) is 0 Å². The molecule has 0 aliphatic rings. The quantitative estimate of drug-likeness (QED) is 0.438. The van der Waals surface area contributed by atoms with E-state index in [1.807, 2.05) is 43.3 Å². The van der Waals surface area contributed by atoms with Crippen LogP contribution in [0.15, 0.2) is 71.3 Å². The SMILES string of the molecule is CCOc1ccccc1CN(Cc1ccco1)CC(O)COc1cccc(C(C)=O)c1. The number of hydrogen-bond acceptors (Lipinski definition) is 6. The van der Waals surface area contributed by atoms with Gasteiger partial charge >= 0.3 is 0 Å². The summed E-state index contributed by atoms with van der Waals surface area (Å²) in [6.07, 6.45) is 0.915. The van der Waals surface area contributed by atoms with E-state index in [0.717, 1.165) is 17.1 Å². The van der Waals surface area contributed by atoms with E-state index in [4.69, 9.17) is 13.9 Å². The zero-order valence-corrected chi connectivity index (χ0v) is 18.0. The number of carbonyl (C=O) groups excluding carboxylic acids is 1. The first-order valence-corrected chi connectivity index (χ1v) is 10.4. The Morgan fingerprint density at radius 2 is 1.90 bits per heavy atom. The van der Waals surface area contributed by atoms with Crippen molar-refractivity contribution in [3.05, 3.63) is 83.8 Å². The Bertz CT molecular complexity index is 954. The molecule has 0 saturated carbocycles. The zero-order chi connectivity index (χ0) is 22.1. The average Bonchev–Trinajstić information content (AvgIpc) is 3.27. The van der Waals surface area contributed by atoms with E-state index in [9.17, 15) is 9.90 Å². The topological polar surface area (TPSA) is 72.1 Å². The standard InChI is InChI=1S/C25H29NO5/c1-3-29-25-12-5-4-8-21(25)15-26(17-24-11-7-13-30-24)16-22(28)18-31-23-10-6-9-20(14-23)19(2)27/h4-14,22,28H,3,15-18H2,1-2H3. The fourth-order valence-electron chi connectivity index (χ4n) is 3.33. The number of ether oxygens (including phenoxy) is 2. The molecule has 6 nitrogen and oxygen atoms in total. The van der Waals surface area contributed by atoms with E-state index >= 15 is 0 Å². The zero-order valence-electron chi connectivity index (χ0n) is 18.0. The van der Waals surface area contributed by atoms with Gasteiger partial charge in [-0.2, -0.15) is 0 Å². The number of hydrogen-bond donors (Lipinski definition) is 1. The highest BCUT2D eigenvalue weighted by atomic mass is 16.5. The van der Waals surface area contributed by atoms with Gasteiger partial charge in [0.1, 0.15) is 30.0 Å². The highest BCUT2D eigenvalue weighted by Crippen LogP contribution is 2.21. The van der Waals surface area contributed by atoms with Gasteiger partial charge in [-0.15, -0.1) is 0 Å². The van der Waals surface area contributed by atoms with Crippen molar-refractivity contribution in [3.8, 4) is 11.5 Å². The second-order valence-corrected chi connectivity index (χ2v) is 7.34. The molecule has 0 fully saturated rings. The van der Waals surface area contributed by atoms with Crippen molar-refractivity contribution in [2.24, 2.45) is 0 Å². The monoisotopic (exact) mass is 423 g/mol. The Hall–Kier alpha value is -3.09. The summed E-state index contributed by atoms with van der Waals surface area (Å²) < 4.78 is 17.0. The second kappa shape index (κ2) is 11.3. The summed E-state index contributed by atoms with van der Waals surface area (Å²) in [4.78, 5) is 13.6. The molecule has 0 aliphatic carbocycles. The van der Waals surface area contributed by atoms with Crippen LogP contribution < -0.4 is 9.47 Å². The van der Waals surface area contributed by atoms with Crippen LogP contribution in [0.5, 0.6) is 11.5 Å². The molecule has 0 aliphatic heterocycles. The molecular formula is C25H29NO5. The Balaban J connectivity index is 1.65. The summed E-state index contributed by atoms with van der Waals surface area (Å²) in [6, 6.07) is 18.6. The molecule has 31 heavy (non-hydrogen) atoms. The maximum absolute atomic E-state index is 11.5. The Kier molecular flexibility index (Phi) is 8.27. The molecule has 0 radical (unpaired) electrons. The predicted molar refractivity (Wildman–Crippen MR) is 118 cm³/mol. The summed E-state index contributed by atoms with van der Waals surface area (Å²) in [7, 11) is 0. The Morgan fingerprint density at radius 3 is 2.65 bits per heavy atom. The fraction of sp³-hybridized carbons (Fsp3) is 0.320. The van der Waals surface area contributed by atoms with Crippen LogP contribution in [0.1, 0.15) is 35.5 Å². The molecule has 0 saturated heterocycles. The molecule has 3 aromatic rings. The molecule has 3 rings (SSSR count). The third kappa shape index (κ3) is 6.98. The van der Waals surface area contributed by atoms with Gasteiger partial charge in [0, 0.05) is 24.2 Å². The lowest BCUT2D eigenvalue weighted by molar-refractivity contribution is 0.0601. The maximum Gasteiger partial charge on any atom is 0.159 e. The minimum atomic E-state index is -0.727. The van der Waals surface area contributed by atoms with Gasteiger partial charge in [0.2, 0.25) is 0 Å². The van der Waals surface area contributed by atoms with Crippen molar-refractivity contribution >= 4 is 5.78 Å². The van der Waals surface area contributed by atoms with Gasteiger partial charge in [-0.1, -0.05) is 30.3 Å². The number of nitrogens with zero attached hydrogens (tertiary/aromatic N) is 1. The molecule has 0 spiro atoms. The number of rotatable bonds is 12. The van der Waals surface area contributed by atoms with Crippen molar-refractivity contribution in [2.75, 3.05) is 19.8 Å². The van der Waals surface area contributed by atoms with Crippen molar-refractivity contribution in [1.82, 2.24) is 4.90 Å². The Labute approximate surface area is 183 Å². The molecule has 2 aromatic carbocycles. The number of furan rings is 1. The van der Waals surface area contributed by atoms with Gasteiger partial charge < -0.3 is 19.0 Å². The Morgan fingerprint density at radius 1 is 1.06 bits per heavy atom. The van der Waals surface area contributed by atoms with E-state index in [1.54, 1.807) is 30.5 Å². The largest absolute Gasteiger partial charge is 0.494 e. The van der Waals surface area contributed by atoms with Crippen molar-refractivity contribution < 1.29 is 23.8 Å². The third-order valence-electron chi connectivity index (χ3n) is 4.78. The highest BCUT2D eigenvalue weighted by Gasteiger charge is 2.17. The van der Waals surface area contributed by atoms with Crippen LogP contribution in [0.3, 0.4) is 0 Å². The molecule has 0 amide bonds. The second-order valence-electron chi connectivity index (χ2n) is 7.34. The van der Waals surface area contributed by atoms with E-state index < -0.39 is 6.10 Å². The van der Waals surface area contributed by atoms with E-state index in [0.29, 0.717) is 37.6 Å². The van der Waals surface area contributed by atoms with Crippen molar-refractivity contribution in [1.29, 1.82) is 0 Å². The average molecular weight is 424 g/mol. The van der Waals surface area contributed by atoms with Crippen LogP contribution in [-0.4, -0.2) is 41.7 Å². The smallest absolute Gasteiger partial charge is 0.159 e. The lowest BCUT2D eigenvalue weighted by Gasteiger charge is -2.25. The van der Waals surface area contributed by atoms with Crippen LogP contribution in [0.2, 0.25) is 0 Å². The fourth-order valence-corrected chi connectivity index (χ4v) is 3.33. The van der Waals surface area contributed by atoms with Crippen LogP contribution in [-0.2, 0) is 13.1 Å². The molecule has 1 heterocycles. The third-order valence-corrected chi connectivity index (χ3v) is 4.78. The molecule has 164 valence electrons. The van der Waals surface area contributed by atoms with Gasteiger partial charge in [0.05, 0.1) is 19.4 Å². The first-order chi connectivity index (χ1) is 15.0. The minimum absolute atomic E-state index is 0.0245. The first kappa shape index (κ1) is 22.6. The van der Waals surface area contributed by atoms with Gasteiger partial charge in [-0.3, -0.25) is 9.69 Å². The summed E-state index contributed by atoms with van der Waals surface area (Å²) in [5.74, 6) is 2.19. The summed E-state index contributed by atoms with van der Waals surface area (Å²) >= 11 is 0. The molecular weight excluding hydrogens is 394 g/mol. The molecule has 0 bridgehead atoms. The predicted octanol–water partition coefficient (Wildman–Crippen LogP) is 4.32.